The number of halogens is 4. The summed E-state index contributed by atoms with van der Waals surface area (Å²) >= 11 is 0. The van der Waals surface area contributed by atoms with Crippen molar-refractivity contribution in [1.29, 1.82) is 0 Å². The number of methoxy groups -OCH3 is 4. The van der Waals surface area contributed by atoms with E-state index in [2.05, 4.69) is 39.4 Å². The second-order valence-electron chi connectivity index (χ2n) is 10.0. The van der Waals surface area contributed by atoms with Gasteiger partial charge in [-0.25, -0.2) is 0 Å². The van der Waals surface area contributed by atoms with Gasteiger partial charge in [0, 0.05) is 34.8 Å². The summed E-state index contributed by atoms with van der Waals surface area (Å²) in [7, 11) is 2.67. The molecule has 6 rings (SSSR count). The molecule has 14 nitrogen and oxygen atoms in total. The molecule has 21 heteroatoms. The number of hydrogen-bond acceptors (Lipinski definition) is 12. The molecule has 0 radical (unpaired) electrons. The van der Waals surface area contributed by atoms with Crippen LogP contribution in [-0.2, 0) is 33.1 Å². The first-order valence-electron chi connectivity index (χ1n) is 14.7. The molecule has 0 saturated carbocycles. The van der Waals surface area contributed by atoms with Gasteiger partial charge in [-0.2, -0.15) is 17.6 Å². The zero-order valence-corrected chi connectivity index (χ0v) is 31.4. The fourth-order valence-electron chi connectivity index (χ4n) is 4.68. The third kappa shape index (κ3) is 10.2. The van der Waals surface area contributed by atoms with E-state index in [1.807, 2.05) is 0 Å². The molecule has 0 aliphatic heterocycles. The summed E-state index contributed by atoms with van der Waals surface area (Å²) in [5, 5.41) is 0.140. The molecule has 0 spiro atoms. The summed E-state index contributed by atoms with van der Waals surface area (Å²) in [6.07, 6.45) is 3.04. The second-order valence-corrected chi connectivity index (χ2v) is 12.7. The van der Waals surface area contributed by atoms with Gasteiger partial charge in [0.15, 0.2) is 23.0 Å². The number of alkyl halides is 4. The summed E-state index contributed by atoms with van der Waals surface area (Å²) < 4.78 is 104. The Bertz CT molecular complexity index is 2060. The maximum atomic E-state index is 12.6. The van der Waals surface area contributed by atoms with Gasteiger partial charge in [0.25, 0.3) is 0 Å². The van der Waals surface area contributed by atoms with E-state index in [1.165, 1.54) is 77.2 Å². The van der Waals surface area contributed by atoms with E-state index in [0.717, 1.165) is 0 Å². The van der Waals surface area contributed by atoms with Gasteiger partial charge in [-0.15, -0.1) is 0 Å². The Morgan fingerprint density at radius 1 is 0.623 bits per heavy atom. The number of benzene rings is 2. The summed E-state index contributed by atoms with van der Waals surface area (Å²) in [5.74, 6) is 1.64. The molecule has 2 atom stereocenters. The van der Waals surface area contributed by atoms with Crippen molar-refractivity contribution in [2.24, 2.45) is 0 Å². The fraction of sp³-hybridized carbons (Fsp3) is 0.250. The Balaban J connectivity index is 0.000000232. The zero-order chi connectivity index (χ0) is 37.4. The molecule has 6 aromatic rings. The van der Waals surface area contributed by atoms with E-state index in [0.29, 0.717) is 56.5 Å². The standard InChI is InChI=1S/2C16H14F2N3O4S.Mg/c2*1-23-13-5-6-19-12(14(13)24-2)8-26(22)16-20-10-4-3-9(25-15(17)18)7-11(10)21-16;/h2*3-7,15H,8H2,1-2H3;/q2*-1;+2/t2*26-;/m10./s1. The fourth-order valence-corrected chi connectivity index (χ4v) is 6.64. The van der Waals surface area contributed by atoms with Gasteiger partial charge in [-0.1, -0.05) is 12.1 Å². The van der Waals surface area contributed by atoms with Crippen LogP contribution in [0.1, 0.15) is 11.4 Å². The van der Waals surface area contributed by atoms with Gasteiger partial charge in [0.1, 0.15) is 11.5 Å². The van der Waals surface area contributed by atoms with E-state index >= 15 is 0 Å². The van der Waals surface area contributed by atoms with E-state index in [4.69, 9.17) is 18.9 Å². The van der Waals surface area contributed by atoms with E-state index in [-0.39, 0.29) is 56.4 Å². The molecule has 4 heterocycles. The van der Waals surface area contributed by atoms with E-state index in [1.54, 1.807) is 12.1 Å². The number of nitrogens with zero attached hydrogens (tertiary/aromatic N) is 6. The van der Waals surface area contributed by atoms with Crippen molar-refractivity contribution in [3.05, 3.63) is 72.3 Å². The second kappa shape index (κ2) is 18.8. The minimum atomic E-state index is -2.93. The van der Waals surface area contributed by atoms with E-state index < -0.39 is 34.8 Å². The molecule has 0 aliphatic carbocycles. The first-order chi connectivity index (χ1) is 25.0. The topological polar surface area (TPSA) is 169 Å². The Morgan fingerprint density at radius 2 is 1.02 bits per heavy atom. The van der Waals surface area contributed by atoms with Gasteiger partial charge >= 0.3 is 36.3 Å². The van der Waals surface area contributed by atoms with Crippen LogP contribution in [0.2, 0.25) is 0 Å². The number of imidazole rings is 2. The van der Waals surface area contributed by atoms with Crippen molar-refractivity contribution in [2.45, 2.75) is 35.0 Å². The van der Waals surface area contributed by atoms with Crippen molar-refractivity contribution in [3.8, 4) is 34.5 Å². The molecule has 0 unspecified atom stereocenters. The van der Waals surface area contributed by atoms with Crippen molar-refractivity contribution < 1.29 is 54.4 Å². The monoisotopic (exact) mass is 788 g/mol. The largest absolute Gasteiger partial charge is 2.00 e. The van der Waals surface area contributed by atoms with Crippen LogP contribution < -0.4 is 38.4 Å². The summed E-state index contributed by atoms with van der Waals surface area (Å²) in [5.41, 5.74) is 2.36. The molecule has 53 heavy (non-hydrogen) atoms. The number of ether oxygens (including phenoxy) is 6. The first-order valence-corrected chi connectivity index (χ1v) is 17.3. The molecule has 0 bridgehead atoms. The molecule has 276 valence electrons. The summed E-state index contributed by atoms with van der Waals surface area (Å²) in [6.45, 7) is -5.87. The third-order valence-electron chi connectivity index (χ3n) is 6.88. The van der Waals surface area contributed by atoms with Crippen molar-refractivity contribution in [1.82, 2.24) is 29.9 Å². The quantitative estimate of drug-likeness (QED) is 0.110. The molecule has 0 aliphatic rings. The molecular weight excluding hydrogens is 761 g/mol. The van der Waals surface area contributed by atoms with Crippen LogP contribution in [0.25, 0.3) is 22.1 Å². The molecule has 2 aromatic carbocycles. The Hall–Kier alpha value is -4.73. The van der Waals surface area contributed by atoms with Crippen LogP contribution in [0, 0.1) is 0 Å². The average Bonchev–Trinajstić information content (AvgIpc) is 3.75. The number of rotatable bonds is 14. The minimum Gasteiger partial charge on any atom is -0.493 e. The van der Waals surface area contributed by atoms with Crippen LogP contribution in [0.15, 0.2) is 71.2 Å². The summed E-state index contributed by atoms with van der Waals surface area (Å²) in [4.78, 5) is 25.0. The number of pyridine rings is 2. The van der Waals surface area contributed by atoms with Gasteiger partial charge in [0.05, 0.1) is 72.9 Å². The van der Waals surface area contributed by atoms with Crippen molar-refractivity contribution in [2.75, 3.05) is 28.4 Å². The predicted octanol–water partition coefficient (Wildman–Crippen LogP) is 4.65. The third-order valence-corrected chi connectivity index (χ3v) is 9.13. The van der Waals surface area contributed by atoms with Crippen molar-refractivity contribution in [3.63, 3.8) is 0 Å². The van der Waals surface area contributed by atoms with Crippen LogP contribution in [0.3, 0.4) is 0 Å². The van der Waals surface area contributed by atoms with Crippen LogP contribution in [-0.4, -0.2) is 93.1 Å². The normalized spacial score (nSPS) is 12.1. The van der Waals surface area contributed by atoms with Gasteiger partial charge < -0.3 is 48.4 Å². The van der Waals surface area contributed by atoms with Gasteiger partial charge in [-0.05, 0) is 46.3 Å². The maximum Gasteiger partial charge on any atom is 2.00 e. The molecule has 0 N–H and O–H groups in total. The molecule has 0 fully saturated rings. The predicted molar refractivity (Wildman–Crippen MR) is 184 cm³/mol. The van der Waals surface area contributed by atoms with Crippen molar-refractivity contribution >= 4 is 66.7 Å². The number of hydrogen-bond donors (Lipinski definition) is 0. The van der Waals surface area contributed by atoms with Crippen LogP contribution >= 0.6 is 0 Å². The summed E-state index contributed by atoms with van der Waals surface area (Å²) in [6, 6.07) is 11.5. The molecule has 4 aromatic heterocycles. The first kappa shape index (κ1) is 41.0. The average molecular weight is 789 g/mol. The Labute approximate surface area is 320 Å². The van der Waals surface area contributed by atoms with Crippen LogP contribution in [0.4, 0.5) is 17.6 Å². The van der Waals surface area contributed by atoms with Crippen LogP contribution in [0.5, 0.6) is 34.5 Å². The molecule has 0 amide bonds. The van der Waals surface area contributed by atoms with E-state index in [9.17, 15) is 26.0 Å². The van der Waals surface area contributed by atoms with Gasteiger partial charge in [0.2, 0.25) is 0 Å². The minimum absolute atomic E-state index is 0. The zero-order valence-electron chi connectivity index (χ0n) is 28.3. The Morgan fingerprint density at radius 3 is 1.36 bits per heavy atom. The molecule has 0 saturated heterocycles. The maximum absolute atomic E-state index is 12.6. The smallest absolute Gasteiger partial charge is 0.493 e. The SMILES string of the molecule is COc1ccnc(C[S@@](=O)c2nc3cc(OC(F)F)ccc3[n-]2)c1OC.COc1ccnc(C[S@](=O)c2nc3cc(OC(F)F)ccc3[n-]2)c1OC.[Mg+2]. The Kier molecular flexibility index (Phi) is 14.6. The number of fused-ring (bicyclic) bond motifs is 2. The van der Waals surface area contributed by atoms with Gasteiger partial charge in [-0.3, -0.25) is 18.4 Å². The molecular formula is C32H28F4MgN6O8S2. The number of aromatic nitrogens is 6.